The summed E-state index contributed by atoms with van der Waals surface area (Å²) in [5.41, 5.74) is 3.03. The Morgan fingerprint density at radius 3 is 2.24 bits per heavy atom. The molecule has 5 nitrogen and oxygen atoms in total. The summed E-state index contributed by atoms with van der Waals surface area (Å²) in [7, 11) is 4.31. The second-order valence-corrected chi connectivity index (χ2v) is 9.05. The van der Waals surface area contributed by atoms with E-state index < -0.39 is 0 Å². The second kappa shape index (κ2) is 12.1. The van der Waals surface area contributed by atoms with Gasteiger partial charge in [-0.25, -0.2) is 0 Å². The maximum atomic E-state index is 5.57. The summed E-state index contributed by atoms with van der Waals surface area (Å²) in [5.74, 6) is 0.904. The lowest BCUT2D eigenvalue weighted by molar-refractivity contribution is -0.00254. The third-order valence-electron chi connectivity index (χ3n) is 5.77. The number of rotatable bonds is 7. The Morgan fingerprint density at radius 2 is 1.72 bits per heavy atom. The molecule has 0 bridgehead atoms. The topological polar surface area (TPSA) is 48.9 Å². The minimum atomic E-state index is 0. The molecule has 0 radical (unpaired) electrons. The molecule has 1 heterocycles. The van der Waals surface area contributed by atoms with Gasteiger partial charge in [0.1, 0.15) is 0 Å². The Morgan fingerprint density at radius 1 is 1.10 bits per heavy atom. The van der Waals surface area contributed by atoms with E-state index in [4.69, 9.17) is 9.73 Å². The van der Waals surface area contributed by atoms with Gasteiger partial charge in [0.15, 0.2) is 5.96 Å². The minimum Gasteiger partial charge on any atom is -0.381 e. The van der Waals surface area contributed by atoms with E-state index in [9.17, 15) is 0 Å². The third-order valence-corrected chi connectivity index (χ3v) is 5.77. The summed E-state index contributed by atoms with van der Waals surface area (Å²) in [4.78, 5) is 7.22. The van der Waals surface area contributed by atoms with Gasteiger partial charge in [-0.15, -0.1) is 24.0 Å². The molecule has 6 heteroatoms. The molecular weight excluding hydrogens is 475 g/mol. The van der Waals surface area contributed by atoms with Crippen molar-refractivity contribution in [3.8, 4) is 0 Å². The first kappa shape index (κ1) is 26.2. The summed E-state index contributed by atoms with van der Waals surface area (Å²) in [6.07, 6.45) is 3.05. The van der Waals surface area contributed by atoms with Crippen molar-refractivity contribution in [2.24, 2.45) is 4.99 Å². The van der Waals surface area contributed by atoms with Gasteiger partial charge in [-0.1, -0.05) is 45.0 Å². The molecule has 29 heavy (non-hydrogen) atoms. The highest BCUT2D eigenvalue weighted by atomic mass is 127. The Bertz CT molecular complexity index is 617. The average molecular weight is 517 g/mol. The normalized spacial score (nSPS) is 17.0. The molecule has 1 aliphatic heterocycles. The Labute approximate surface area is 195 Å². The molecule has 0 spiro atoms. The van der Waals surface area contributed by atoms with E-state index in [-0.39, 0.29) is 34.9 Å². The van der Waals surface area contributed by atoms with E-state index in [0.29, 0.717) is 0 Å². The van der Waals surface area contributed by atoms with Crippen molar-refractivity contribution in [2.45, 2.75) is 57.9 Å². The zero-order valence-electron chi connectivity index (χ0n) is 19.2. The van der Waals surface area contributed by atoms with E-state index >= 15 is 0 Å². The maximum absolute atomic E-state index is 5.57. The number of aliphatic imine (C=N–C) groups is 1. The van der Waals surface area contributed by atoms with Crippen LogP contribution in [0.4, 0.5) is 0 Å². The van der Waals surface area contributed by atoms with E-state index in [0.717, 1.165) is 58.1 Å². The summed E-state index contributed by atoms with van der Waals surface area (Å²) in [6.45, 7) is 13.0. The molecule has 0 saturated carbocycles. The van der Waals surface area contributed by atoms with E-state index in [1.54, 1.807) is 0 Å². The molecule has 0 aliphatic carbocycles. The van der Waals surface area contributed by atoms with Gasteiger partial charge >= 0.3 is 0 Å². The first-order valence-electron chi connectivity index (χ1n) is 10.6. The number of halogens is 1. The van der Waals surface area contributed by atoms with Crippen molar-refractivity contribution in [1.29, 1.82) is 0 Å². The van der Waals surface area contributed by atoms with Crippen LogP contribution in [0.5, 0.6) is 0 Å². The van der Waals surface area contributed by atoms with Gasteiger partial charge in [0, 0.05) is 31.8 Å². The van der Waals surface area contributed by atoms with Crippen LogP contribution in [-0.2, 0) is 16.6 Å². The summed E-state index contributed by atoms with van der Waals surface area (Å²) < 4.78 is 5.57. The maximum Gasteiger partial charge on any atom is 0.191 e. The summed E-state index contributed by atoms with van der Waals surface area (Å²) >= 11 is 0. The number of nitrogens with one attached hydrogen (secondary N) is 2. The van der Waals surface area contributed by atoms with Crippen LogP contribution in [-0.4, -0.2) is 63.3 Å². The molecule has 0 aromatic heterocycles. The number of benzene rings is 1. The number of likely N-dealkylation sites (N-methyl/N-ethyl adjacent to an activating group) is 1. The second-order valence-electron chi connectivity index (χ2n) is 9.05. The molecule has 0 atom stereocenters. The smallest absolute Gasteiger partial charge is 0.191 e. The minimum absolute atomic E-state index is 0. The highest BCUT2D eigenvalue weighted by Crippen LogP contribution is 2.26. The van der Waals surface area contributed by atoms with Gasteiger partial charge in [-0.3, -0.25) is 4.99 Å². The number of nitrogens with zero attached hydrogens (tertiary/aromatic N) is 2. The largest absolute Gasteiger partial charge is 0.381 e. The lowest BCUT2D eigenvalue weighted by Crippen LogP contribution is -2.51. The number of ether oxygens (including phenoxy) is 1. The van der Waals surface area contributed by atoms with Crippen LogP contribution < -0.4 is 10.6 Å². The Balaban J connectivity index is 0.00000420. The molecule has 1 aromatic carbocycles. The van der Waals surface area contributed by atoms with Crippen molar-refractivity contribution in [3.63, 3.8) is 0 Å². The quantitative estimate of drug-likeness (QED) is 0.329. The molecule has 1 aromatic rings. The predicted molar refractivity (Wildman–Crippen MR) is 135 cm³/mol. The molecule has 1 aliphatic rings. The highest BCUT2D eigenvalue weighted by molar-refractivity contribution is 14.0. The van der Waals surface area contributed by atoms with E-state index in [1.807, 2.05) is 0 Å². The van der Waals surface area contributed by atoms with Gasteiger partial charge in [0.05, 0.1) is 6.54 Å². The summed E-state index contributed by atoms with van der Waals surface area (Å²) in [6, 6.07) is 8.99. The van der Waals surface area contributed by atoms with Crippen molar-refractivity contribution in [3.05, 3.63) is 35.4 Å². The fraction of sp³-hybridized carbons (Fsp3) is 0.696. The van der Waals surface area contributed by atoms with Gasteiger partial charge in [0.2, 0.25) is 0 Å². The monoisotopic (exact) mass is 516 g/mol. The van der Waals surface area contributed by atoms with E-state index in [2.05, 4.69) is 81.6 Å². The van der Waals surface area contributed by atoms with Crippen molar-refractivity contribution in [1.82, 2.24) is 15.5 Å². The number of hydrogen-bond acceptors (Lipinski definition) is 3. The van der Waals surface area contributed by atoms with Crippen molar-refractivity contribution < 1.29 is 4.74 Å². The van der Waals surface area contributed by atoms with Crippen LogP contribution in [0.15, 0.2) is 29.3 Å². The van der Waals surface area contributed by atoms with Crippen LogP contribution >= 0.6 is 24.0 Å². The average Bonchev–Trinajstić information content (AvgIpc) is 2.66. The van der Waals surface area contributed by atoms with Crippen LogP contribution in [0.2, 0.25) is 0 Å². The SMILES string of the molecule is CCNC(=NCC1(N(C)C)CCOCC1)NCCc1ccc(C(C)(C)C)cc1.I. The van der Waals surface area contributed by atoms with Gasteiger partial charge in [-0.2, -0.15) is 0 Å². The Kier molecular flexibility index (Phi) is 10.9. The van der Waals surface area contributed by atoms with E-state index in [1.165, 1.54) is 11.1 Å². The number of guanidine groups is 1. The van der Waals surface area contributed by atoms with Crippen LogP contribution in [0, 0.1) is 0 Å². The third kappa shape index (κ3) is 8.06. The van der Waals surface area contributed by atoms with Crippen LogP contribution in [0.3, 0.4) is 0 Å². The molecule has 166 valence electrons. The lowest BCUT2D eigenvalue weighted by Gasteiger charge is -2.41. The molecule has 0 unspecified atom stereocenters. The standard InChI is InChI=1S/C23H40N4O.HI/c1-7-24-21(26-18-23(27(5)6)13-16-28-17-14-23)25-15-12-19-8-10-20(11-9-19)22(2,3)4;/h8-11H,7,12-18H2,1-6H3,(H2,24,25,26);1H. The molecule has 2 rings (SSSR count). The zero-order valence-corrected chi connectivity index (χ0v) is 21.5. The summed E-state index contributed by atoms with van der Waals surface area (Å²) in [5, 5.41) is 6.88. The van der Waals surface area contributed by atoms with Crippen LogP contribution in [0.1, 0.15) is 51.7 Å². The predicted octanol–water partition coefficient (Wildman–Crippen LogP) is 3.81. The highest BCUT2D eigenvalue weighted by Gasteiger charge is 2.34. The lowest BCUT2D eigenvalue weighted by atomic mass is 9.86. The first-order chi connectivity index (χ1) is 13.3. The number of hydrogen-bond donors (Lipinski definition) is 2. The van der Waals surface area contributed by atoms with Crippen molar-refractivity contribution in [2.75, 3.05) is 46.9 Å². The van der Waals surface area contributed by atoms with Gasteiger partial charge in [-0.05, 0) is 56.8 Å². The van der Waals surface area contributed by atoms with Crippen molar-refractivity contribution >= 4 is 29.9 Å². The first-order valence-corrected chi connectivity index (χ1v) is 10.6. The fourth-order valence-corrected chi connectivity index (χ4v) is 3.56. The fourth-order valence-electron chi connectivity index (χ4n) is 3.56. The van der Waals surface area contributed by atoms with Gasteiger partial charge < -0.3 is 20.3 Å². The molecule has 2 N–H and O–H groups in total. The zero-order chi connectivity index (χ0) is 20.6. The molecule has 1 saturated heterocycles. The molecular formula is C23H41IN4O. The van der Waals surface area contributed by atoms with Crippen LogP contribution in [0.25, 0.3) is 0 Å². The van der Waals surface area contributed by atoms with Gasteiger partial charge in [0.25, 0.3) is 0 Å². The Hall–Kier alpha value is -0.860. The molecule has 1 fully saturated rings. The molecule has 0 amide bonds.